The minimum Gasteiger partial charge on any atom is -0.483 e. The zero-order valence-electron chi connectivity index (χ0n) is 13.7. The molecular weight excluding hydrogens is 330 g/mol. The normalized spacial score (nSPS) is 10.2. The van der Waals surface area contributed by atoms with E-state index in [4.69, 9.17) is 16.3 Å². The van der Waals surface area contributed by atoms with Crippen LogP contribution in [0.5, 0.6) is 5.75 Å². The lowest BCUT2D eigenvalue weighted by molar-refractivity contribution is -0.118. The van der Waals surface area contributed by atoms with Crippen molar-refractivity contribution in [2.75, 3.05) is 19.0 Å². The van der Waals surface area contributed by atoms with Gasteiger partial charge in [-0.05, 0) is 49.2 Å². The topological polar surface area (TPSA) is 64.6 Å². The third kappa shape index (κ3) is 4.26. The fourth-order valence-corrected chi connectivity index (χ4v) is 2.27. The molecule has 5 nitrogen and oxygen atoms in total. The molecule has 24 heavy (non-hydrogen) atoms. The third-order valence-electron chi connectivity index (χ3n) is 3.59. The van der Waals surface area contributed by atoms with Gasteiger partial charge in [0.2, 0.25) is 0 Å². The number of rotatable bonds is 5. The average Bonchev–Trinajstić information content (AvgIpc) is 2.56. The number of aryl methyl sites for hydroxylation is 1. The quantitative estimate of drug-likeness (QED) is 0.836. The van der Waals surface area contributed by atoms with Crippen molar-refractivity contribution >= 4 is 29.2 Å². The summed E-state index contributed by atoms with van der Waals surface area (Å²) in [7, 11) is 1.27. The minimum absolute atomic E-state index is 0.200. The number of benzene rings is 2. The summed E-state index contributed by atoms with van der Waals surface area (Å²) in [5, 5.41) is 3.18. The van der Waals surface area contributed by atoms with E-state index in [1.54, 1.807) is 6.07 Å². The highest BCUT2D eigenvalue weighted by molar-refractivity contribution is 6.30. The molecule has 2 aromatic carbocycles. The van der Waals surface area contributed by atoms with Crippen LogP contribution in [-0.4, -0.2) is 25.6 Å². The summed E-state index contributed by atoms with van der Waals surface area (Å²) >= 11 is 5.92. The highest BCUT2D eigenvalue weighted by atomic mass is 35.5. The zero-order valence-corrected chi connectivity index (χ0v) is 14.4. The Bertz CT molecular complexity index is 774. The predicted octanol–water partition coefficient (Wildman–Crippen LogP) is 3.76. The highest BCUT2D eigenvalue weighted by Gasteiger charge is 2.15. The SMILES string of the molecule is COC(=O)c1ccc(Cl)cc1OCC(=O)Nc1cccc(C)c1C. The molecule has 1 N–H and O–H groups in total. The monoisotopic (exact) mass is 347 g/mol. The summed E-state index contributed by atoms with van der Waals surface area (Å²) in [6.45, 7) is 3.64. The van der Waals surface area contributed by atoms with Crippen molar-refractivity contribution < 1.29 is 19.1 Å². The van der Waals surface area contributed by atoms with E-state index in [0.717, 1.165) is 16.8 Å². The molecule has 1 amide bonds. The van der Waals surface area contributed by atoms with Crippen LogP contribution in [0.25, 0.3) is 0 Å². The van der Waals surface area contributed by atoms with E-state index < -0.39 is 5.97 Å². The maximum absolute atomic E-state index is 12.1. The number of ether oxygens (including phenoxy) is 2. The van der Waals surface area contributed by atoms with Gasteiger partial charge in [0, 0.05) is 10.7 Å². The van der Waals surface area contributed by atoms with Crippen LogP contribution in [0.2, 0.25) is 5.02 Å². The van der Waals surface area contributed by atoms with Crippen LogP contribution >= 0.6 is 11.6 Å². The Morgan fingerprint density at radius 1 is 1.17 bits per heavy atom. The van der Waals surface area contributed by atoms with Crippen molar-refractivity contribution in [1.29, 1.82) is 0 Å². The van der Waals surface area contributed by atoms with Gasteiger partial charge < -0.3 is 14.8 Å². The molecule has 0 heterocycles. The molecule has 6 heteroatoms. The first-order chi connectivity index (χ1) is 11.4. The van der Waals surface area contributed by atoms with E-state index in [-0.39, 0.29) is 23.8 Å². The molecule has 0 unspecified atom stereocenters. The zero-order chi connectivity index (χ0) is 17.7. The van der Waals surface area contributed by atoms with Crippen LogP contribution in [-0.2, 0) is 9.53 Å². The maximum Gasteiger partial charge on any atom is 0.341 e. The smallest absolute Gasteiger partial charge is 0.341 e. The molecule has 2 aromatic rings. The Balaban J connectivity index is 2.08. The van der Waals surface area contributed by atoms with Gasteiger partial charge in [-0.3, -0.25) is 4.79 Å². The molecule has 126 valence electrons. The van der Waals surface area contributed by atoms with Crippen molar-refractivity contribution in [3.05, 3.63) is 58.1 Å². The van der Waals surface area contributed by atoms with Gasteiger partial charge in [-0.15, -0.1) is 0 Å². The number of anilines is 1. The lowest BCUT2D eigenvalue weighted by atomic mass is 10.1. The number of halogens is 1. The molecule has 0 aromatic heterocycles. The Morgan fingerprint density at radius 3 is 2.62 bits per heavy atom. The van der Waals surface area contributed by atoms with Crippen molar-refractivity contribution in [2.24, 2.45) is 0 Å². The van der Waals surface area contributed by atoms with Crippen molar-refractivity contribution in [3.63, 3.8) is 0 Å². The Kier molecular flexibility index (Phi) is 5.82. The first-order valence-corrected chi connectivity index (χ1v) is 7.67. The van der Waals surface area contributed by atoms with E-state index in [1.165, 1.54) is 19.2 Å². The summed E-state index contributed by atoms with van der Waals surface area (Å²) in [6.07, 6.45) is 0. The molecule has 0 atom stereocenters. The molecule has 0 aliphatic carbocycles. The van der Waals surface area contributed by atoms with Gasteiger partial charge >= 0.3 is 5.97 Å². The summed E-state index contributed by atoms with van der Waals surface area (Å²) in [5.41, 5.74) is 3.00. The van der Waals surface area contributed by atoms with Crippen LogP contribution in [0.15, 0.2) is 36.4 Å². The fraction of sp³-hybridized carbons (Fsp3) is 0.222. The van der Waals surface area contributed by atoms with E-state index in [0.29, 0.717) is 5.02 Å². The van der Waals surface area contributed by atoms with E-state index in [2.05, 4.69) is 10.1 Å². The van der Waals surface area contributed by atoms with Crippen LogP contribution in [0.4, 0.5) is 5.69 Å². The molecular formula is C18H18ClNO4. The van der Waals surface area contributed by atoms with Gasteiger partial charge in [0.1, 0.15) is 11.3 Å². The van der Waals surface area contributed by atoms with Crippen molar-refractivity contribution in [2.45, 2.75) is 13.8 Å². The number of carbonyl (C=O) groups excluding carboxylic acids is 2. The van der Waals surface area contributed by atoms with Crippen LogP contribution in [0.1, 0.15) is 21.5 Å². The number of hydrogen-bond acceptors (Lipinski definition) is 4. The molecule has 0 spiro atoms. The third-order valence-corrected chi connectivity index (χ3v) is 3.82. The molecule has 0 aliphatic rings. The van der Waals surface area contributed by atoms with Crippen molar-refractivity contribution in [1.82, 2.24) is 0 Å². The molecule has 0 radical (unpaired) electrons. The first kappa shape index (κ1) is 17.8. The second-order valence-corrected chi connectivity index (χ2v) is 5.65. The maximum atomic E-state index is 12.1. The standard InChI is InChI=1S/C18H18ClNO4/c1-11-5-4-6-15(12(11)2)20-17(21)10-24-16-9-13(19)7-8-14(16)18(22)23-3/h4-9H,10H2,1-3H3,(H,20,21). The number of esters is 1. The predicted molar refractivity (Wildman–Crippen MR) is 92.8 cm³/mol. The van der Waals surface area contributed by atoms with Crippen LogP contribution in [0.3, 0.4) is 0 Å². The van der Waals surface area contributed by atoms with E-state index >= 15 is 0 Å². The summed E-state index contributed by atoms with van der Waals surface area (Å²) in [5.74, 6) is -0.693. The molecule has 2 rings (SSSR count). The number of amides is 1. The fourth-order valence-electron chi connectivity index (χ4n) is 2.11. The van der Waals surface area contributed by atoms with Gasteiger partial charge in [-0.25, -0.2) is 4.79 Å². The summed E-state index contributed by atoms with van der Waals surface area (Å²) in [6, 6.07) is 10.2. The number of carbonyl (C=O) groups is 2. The van der Waals surface area contributed by atoms with E-state index in [9.17, 15) is 9.59 Å². The van der Waals surface area contributed by atoms with E-state index in [1.807, 2.05) is 32.0 Å². The van der Waals surface area contributed by atoms with Crippen molar-refractivity contribution in [3.8, 4) is 5.75 Å². The number of methoxy groups -OCH3 is 1. The van der Waals surface area contributed by atoms with Gasteiger partial charge in [-0.1, -0.05) is 23.7 Å². The molecule has 0 bridgehead atoms. The Hall–Kier alpha value is -2.53. The van der Waals surface area contributed by atoms with Gasteiger partial charge in [0.05, 0.1) is 7.11 Å². The molecule has 0 fully saturated rings. The van der Waals surface area contributed by atoms with Gasteiger partial charge in [0.25, 0.3) is 5.91 Å². The average molecular weight is 348 g/mol. The number of nitrogens with one attached hydrogen (secondary N) is 1. The Morgan fingerprint density at radius 2 is 1.92 bits per heavy atom. The number of hydrogen-bond donors (Lipinski definition) is 1. The molecule has 0 saturated heterocycles. The minimum atomic E-state index is -0.559. The van der Waals surface area contributed by atoms with Gasteiger partial charge in [0.15, 0.2) is 6.61 Å². The second kappa shape index (κ2) is 7.84. The summed E-state index contributed by atoms with van der Waals surface area (Å²) in [4.78, 5) is 23.8. The van der Waals surface area contributed by atoms with Crippen LogP contribution in [0, 0.1) is 13.8 Å². The first-order valence-electron chi connectivity index (χ1n) is 7.29. The summed E-state index contributed by atoms with van der Waals surface area (Å²) < 4.78 is 10.1. The Labute approximate surface area is 145 Å². The van der Waals surface area contributed by atoms with Crippen LogP contribution < -0.4 is 10.1 Å². The lowest BCUT2D eigenvalue weighted by Crippen LogP contribution is -2.21. The highest BCUT2D eigenvalue weighted by Crippen LogP contribution is 2.24. The molecule has 0 aliphatic heterocycles. The molecule has 0 saturated carbocycles. The largest absolute Gasteiger partial charge is 0.483 e. The second-order valence-electron chi connectivity index (χ2n) is 5.22. The lowest BCUT2D eigenvalue weighted by Gasteiger charge is -2.13. The van der Waals surface area contributed by atoms with Gasteiger partial charge in [-0.2, -0.15) is 0 Å².